The Morgan fingerprint density at radius 3 is 2.38 bits per heavy atom. The molecule has 2 rings (SSSR count). The van der Waals surface area contributed by atoms with E-state index in [9.17, 15) is 18.0 Å². The van der Waals surface area contributed by atoms with Gasteiger partial charge in [-0.2, -0.15) is 13.2 Å². The molecule has 0 aromatic heterocycles. The minimum absolute atomic E-state index is 0.106. The number of hydrogen-bond acceptors (Lipinski definition) is 5. The lowest BCUT2D eigenvalue weighted by Crippen LogP contribution is -2.04. The molecule has 2 aromatic carbocycles. The van der Waals surface area contributed by atoms with E-state index in [0.29, 0.717) is 11.4 Å². The highest BCUT2D eigenvalue weighted by Crippen LogP contribution is 2.36. The van der Waals surface area contributed by atoms with Crippen LogP contribution in [0.5, 0.6) is 11.5 Å². The first kappa shape index (κ1) is 18.3. The molecule has 0 saturated carbocycles. The van der Waals surface area contributed by atoms with Crippen LogP contribution in [0.15, 0.2) is 42.5 Å². The van der Waals surface area contributed by atoms with Gasteiger partial charge in [0.25, 0.3) is 0 Å². The maximum atomic E-state index is 12.6. The zero-order valence-electron chi connectivity index (χ0n) is 12.2. The van der Waals surface area contributed by atoms with E-state index in [-0.39, 0.29) is 10.8 Å². The lowest BCUT2D eigenvalue weighted by molar-refractivity contribution is -0.137. The number of benzene rings is 2. The zero-order valence-corrected chi connectivity index (χ0v) is 13.8. The quantitative estimate of drug-likeness (QED) is 0.524. The molecular weight excluding hydrogens is 367 g/mol. The molecule has 2 aromatic rings. The van der Waals surface area contributed by atoms with E-state index in [1.165, 1.54) is 7.11 Å². The van der Waals surface area contributed by atoms with Gasteiger partial charge in [0.1, 0.15) is 11.5 Å². The highest BCUT2D eigenvalue weighted by Gasteiger charge is 2.31. The predicted molar refractivity (Wildman–Crippen MR) is 86.6 cm³/mol. The Morgan fingerprint density at radius 1 is 1.17 bits per heavy atom. The summed E-state index contributed by atoms with van der Waals surface area (Å²) < 4.78 is 50.4. The molecule has 0 radical (unpaired) electrons. The number of anilines is 1. The Labute approximate surface area is 145 Å². The molecule has 0 unspecified atom stereocenters. The van der Waals surface area contributed by atoms with Crippen molar-refractivity contribution < 1.29 is 27.4 Å². The van der Waals surface area contributed by atoms with Crippen molar-refractivity contribution in [1.82, 2.24) is 0 Å². The van der Waals surface area contributed by atoms with Gasteiger partial charge in [0.2, 0.25) is 0 Å². The zero-order chi connectivity index (χ0) is 17.7. The van der Waals surface area contributed by atoms with Crippen LogP contribution in [0.2, 0.25) is 5.02 Å². The minimum atomic E-state index is -4.47. The van der Waals surface area contributed by atoms with Crippen molar-refractivity contribution in [2.75, 3.05) is 11.8 Å². The van der Waals surface area contributed by atoms with Crippen LogP contribution in [0, 0.1) is 0 Å². The molecule has 0 atom stereocenters. The van der Waals surface area contributed by atoms with Crippen molar-refractivity contribution in [1.29, 1.82) is 0 Å². The van der Waals surface area contributed by atoms with E-state index in [1.807, 2.05) is 0 Å². The van der Waals surface area contributed by atoms with Gasteiger partial charge in [0.15, 0.2) is 0 Å². The van der Waals surface area contributed by atoms with Crippen LogP contribution >= 0.6 is 23.5 Å². The first-order chi connectivity index (χ1) is 11.3. The van der Waals surface area contributed by atoms with E-state index >= 15 is 0 Å². The molecule has 0 bridgehead atoms. The molecule has 9 heteroatoms. The Bertz CT molecular complexity index is 723. The largest absolute Gasteiger partial charge is 0.460 e. The van der Waals surface area contributed by atoms with Crippen LogP contribution in [0.25, 0.3) is 0 Å². The molecule has 0 heterocycles. The molecule has 24 heavy (non-hydrogen) atoms. The van der Waals surface area contributed by atoms with E-state index < -0.39 is 17.0 Å². The molecule has 4 nitrogen and oxygen atoms in total. The van der Waals surface area contributed by atoms with Gasteiger partial charge >= 0.3 is 11.5 Å². The topological polar surface area (TPSA) is 47.6 Å². The Hall–Kier alpha value is -2.06. The van der Waals surface area contributed by atoms with Crippen molar-refractivity contribution in [3.63, 3.8) is 0 Å². The van der Waals surface area contributed by atoms with Crippen LogP contribution in [0.4, 0.5) is 23.7 Å². The number of nitrogens with one attached hydrogen (secondary N) is 1. The second-order valence-corrected chi connectivity index (χ2v) is 5.58. The first-order valence-corrected chi connectivity index (χ1v) is 7.64. The average molecular weight is 378 g/mol. The summed E-state index contributed by atoms with van der Waals surface area (Å²) >= 11 is 6.59. The van der Waals surface area contributed by atoms with Gasteiger partial charge in [-0.3, -0.25) is 0 Å². The average Bonchev–Trinajstić information content (AvgIpc) is 2.54. The minimum Gasteiger partial charge on any atom is -0.460 e. The van der Waals surface area contributed by atoms with Crippen LogP contribution in [-0.2, 0) is 10.9 Å². The van der Waals surface area contributed by atoms with E-state index in [0.717, 1.165) is 30.1 Å². The predicted octanol–water partition coefficient (Wildman–Crippen LogP) is 5.98. The number of methoxy groups -OCH3 is 1. The molecule has 0 saturated heterocycles. The summed E-state index contributed by atoms with van der Waals surface area (Å²) in [6, 6.07) is 9.27. The Kier molecular flexibility index (Phi) is 5.84. The van der Waals surface area contributed by atoms with Gasteiger partial charge < -0.3 is 14.2 Å². The molecule has 0 amide bonds. The van der Waals surface area contributed by atoms with Gasteiger partial charge in [-0.05, 0) is 42.5 Å². The first-order valence-electron chi connectivity index (χ1n) is 6.45. The molecule has 128 valence electrons. The number of ether oxygens (including phenoxy) is 2. The van der Waals surface area contributed by atoms with Gasteiger partial charge in [-0.25, -0.2) is 4.79 Å². The van der Waals surface area contributed by atoms with Crippen molar-refractivity contribution in [2.45, 2.75) is 6.18 Å². The van der Waals surface area contributed by atoms with Crippen LogP contribution in [-0.4, -0.2) is 12.4 Å². The molecule has 0 spiro atoms. The van der Waals surface area contributed by atoms with Crippen LogP contribution < -0.4 is 9.46 Å². The summed E-state index contributed by atoms with van der Waals surface area (Å²) in [5.41, 5.74) is -0.226. The summed E-state index contributed by atoms with van der Waals surface area (Å²) in [5, 5.41) is -0.639. The monoisotopic (exact) mass is 377 g/mol. The number of carbonyl (C=O) groups is 1. The van der Waals surface area contributed by atoms with Gasteiger partial charge in [0, 0.05) is 5.69 Å². The highest BCUT2D eigenvalue weighted by molar-refractivity contribution is 8.14. The fraction of sp³-hybridized carbons (Fsp3) is 0.133. The Balaban J connectivity index is 2.05. The standard InChI is InChI=1S/C15H11ClF3NO3S/c1-22-14(21)24-20-10-3-5-11(6-4-10)23-13-7-2-9(8-12(13)16)15(17,18)19/h2-8,20H,1H3. The van der Waals surface area contributed by atoms with Gasteiger partial charge in [-0.15, -0.1) is 0 Å². The summed E-state index contributed by atoms with van der Waals surface area (Å²) in [6.07, 6.45) is -4.47. The van der Waals surface area contributed by atoms with Crippen molar-refractivity contribution in [3.8, 4) is 11.5 Å². The third-order valence-corrected chi connectivity index (χ3v) is 3.73. The second kappa shape index (κ2) is 7.67. The van der Waals surface area contributed by atoms with Crippen molar-refractivity contribution in [3.05, 3.63) is 53.1 Å². The highest BCUT2D eigenvalue weighted by atomic mass is 35.5. The summed E-state index contributed by atoms with van der Waals surface area (Å²) in [7, 11) is 1.27. The number of rotatable bonds is 4. The molecule has 0 fully saturated rings. The third-order valence-electron chi connectivity index (χ3n) is 2.76. The summed E-state index contributed by atoms with van der Waals surface area (Å²) in [6.45, 7) is 0. The smallest absolute Gasteiger partial charge is 0.416 e. The second-order valence-electron chi connectivity index (χ2n) is 4.43. The maximum Gasteiger partial charge on any atom is 0.416 e. The lowest BCUT2D eigenvalue weighted by Gasteiger charge is -2.11. The van der Waals surface area contributed by atoms with Gasteiger partial charge in [-0.1, -0.05) is 11.6 Å². The summed E-state index contributed by atoms with van der Waals surface area (Å²) in [4.78, 5) is 11.0. The molecule has 1 N–H and O–H groups in total. The van der Waals surface area contributed by atoms with Gasteiger partial charge in [0.05, 0.1) is 29.6 Å². The van der Waals surface area contributed by atoms with E-state index in [2.05, 4.69) is 9.46 Å². The number of alkyl halides is 3. The third kappa shape index (κ3) is 4.97. The SMILES string of the molecule is COC(=O)SNc1ccc(Oc2ccc(C(F)(F)F)cc2Cl)cc1. The fourth-order valence-corrected chi connectivity index (χ4v) is 2.26. The number of hydrogen-bond donors (Lipinski definition) is 1. The van der Waals surface area contributed by atoms with E-state index in [4.69, 9.17) is 16.3 Å². The lowest BCUT2D eigenvalue weighted by atomic mass is 10.2. The normalized spacial score (nSPS) is 11.0. The number of halogens is 4. The van der Waals surface area contributed by atoms with Crippen molar-refractivity contribution in [2.24, 2.45) is 0 Å². The molecule has 0 aliphatic heterocycles. The van der Waals surface area contributed by atoms with Crippen LogP contribution in [0.3, 0.4) is 0 Å². The number of carbonyl (C=O) groups excluding carboxylic acids is 1. The van der Waals surface area contributed by atoms with Crippen molar-refractivity contribution >= 4 is 34.5 Å². The van der Waals surface area contributed by atoms with E-state index in [1.54, 1.807) is 24.3 Å². The molecule has 0 aliphatic carbocycles. The summed E-state index contributed by atoms with van der Waals surface area (Å²) in [5.74, 6) is 0.486. The Morgan fingerprint density at radius 2 is 1.83 bits per heavy atom. The molecule has 0 aliphatic rings. The maximum absolute atomic E-state index is 12.6. The van der Waals surface area contributed by atoms with Crippen LogP contribution in [0.1, 0.15) is 5.56 Å². The molecular formula is C15H11ClF3NO3S. The fourth-order valence-electron chi connectivity index (χ4n) is 1.62.